The molecule has 11 heteroatoms. The first-order chi connectivity index (χ1) is 14.0. The zero-order chi connectivity index (χ0) is 20.5. The lowest BCUT2D eigenvalue weighted by molar-refractivity contribution is -0.386. The molecule has 0 aliphatic carbocycles. The molecule has 2 aromatic heterocycles. The maximum atomic E-state index is 11.1. The number of nitro groups is 1. The van der Waals surface area contributed by atoms with Gasteiger partial charge in [-0.05, 0) is 25.1 Å². The number of nitrogens with one attached hydrogen (secondary N) is 2. The number of hydrazone groups is 1. The molecular formula is C18H15N7O4. The fraction of sp³-hybridized carbons (Fsp3) is 0.111. The summed E-state index contributed by atoms with van der Waals surface area (Å²) in [6.07, 6.45) is 1.32. The number of hydrogen-bond donors (Lipinski definition) is 3. The van der Waals surface area contributed by atoms with Crippen molar-refractivity contribution in [3.63, 3.8) is 0 Å². The van der Waals surface area contributed by atoms with Crippen molar-refractivity contribution in [2.45, 2.75) is 6.92 Å². The third kappa shape index (κ3) is 3.36. The van der Waals surface area contributed by atoms with Crippen LogP contribution in [-0.4, -0.2) is 43.5 Å². The number of nitro benzene ring substituents is 1. The summed E-state index contributed by atoms with van der Waals surface area (Å²) < 4.78 is 4.95. The van der Waals surface area contributed by atoms with Gasteiger partial charge >= 0.3 is 5.69 Å². The highest BCUT2D eigenvalue weighted by Gasteiger charge is 2.19. The van der Waals surface area contributed by atoms with Crippen LogP contribution in [0, 0.1) is 17.0 Å². The molecule has 0 radical (unpaired) electrons. The lowest BCUT2D eigenvalue weighted by Crippen LogP contribution is -1.99. The van der Waals surface area contributed by atoms with Gasteiger partial charge in [-0.25, -0.2) is 5.43 Å². The Morgan fingerprint density at radius 1 is 1.31 bits per heavy atom. The summed E-state index contributed by atoms with van der Waals surface area (Å²) in [6.45, 7) is 1.99. The number of nitrogens with zero attached hydrogens (tertiary/aromatic N) is 5. The van der Waals surface area contributed by atoms with Crippen LogP contribution < -0.4 is 10.2 Å². The van der Waals surface area contributed by atoms with E-state index >= 15 is 0 Å². The summed E-state index contributed by atoms with van der Waals surface area (Å²) in [5, 5.41) is 34.0. The summed E-state index contributed by atoms with van der Waals surface area (Å²) >= 11 is 0. The molecule has 29 heavy (non-hydrogen) atoms. The number of H-pyrrole nitrogens is 1. The zero-order valence-corrected chi connectivity index (χ0v) is 15.4. The second-order valence-electron chi connectivity index (χ2n) is 6.22. The van der Waals surface area contributed by atoms with Gasteiger partial charge in [0, 0.05) is 22.5 Å². The Kier molecular flexibility index (Phi) is 4.39. The molecule has 0 spiro atoms. The smallest absolute Gasteiger partial charge is 0.315 e. The van der Waals surface area contributed by atoms with Crippen LogP contribution in [0.1, 0.15) is 11.1 Å². The highest BCUT2D eigenvalue weighted by molar-refractivity contribution is 6.03. The number of phenolic OH excluding ortho intramolecular Hbond substituents is 1. The van der Waals surface area contributed by atoms with E-state index < -0.39 is 16.4 Å². The topological polar surface area (TPSA) is 151 Å². The molecule has 0 aliphatic heterocycles. The number of aromatic hydroxyl groups is 1. The fourth-order valence-corrected chi connectivity index (χ4v) is 2.88. The van der Waals surface area contributed by atoms with Gasteiger partial charge in [0.25, 0.3) is 5.95 Å². The molecule has 11 nitrogen and oxygen atoms in total. The second-order valence-corrected chi connectivity index (χ2v) is 6.22. The van der Waals surface area contributed by atoms with Crippen LogP contribution >= 0.6 is 0 Å². The van der Waals surface area contributed by atoms with Crippen molar-refractivity contribution < 1.29 is 14.8 Å². The van der Waals surface area contributed by atoms with E-state index in [2.05, 4.69) is 30.7 Å². The summed E-state index contributed by atoms with van der Waals surface area (Å²) in [4.78, 5) is 17.9. The summed E-state index contributed by atoms with van der Waals surface area (Å²) in [7, 11) is 1.30. The number of aromatic amines is 1. The molecule has 0 aliphatic rings. The van der Waals surface area contributed by atoms with Gasteiger partial charge in [-0.2, -0.15) is 10.1 Å². The second kappa shape index (κ2) is 7.03. The largest absolute Gasteiger partial charge is 0.500 e. The number of methoxy groups -OCH3 is 1. The molecule has 2 aromatic carbocycles. The number of benzene rings is 2. The Bertz CT molecular complexity index is 1280. The molecule has 0 fully saturated rings. The van der Waals surface area contributed by atoms with Gasteiger partial charge < -0.3 is 14.8 Å². The van der Waals surface area contributed by atoms with Crippen LogP contribution in [0.5, 0.6) is 11.5 Å². The molecule has 146 valence electrons. The first-order valence-electron chi connectivity index (χ1n) is 8.43. The number of aryl methyl sites for hydroxylation is 1. The summed E-state index contributed by atoms with van der Waals surface area (Å²) in [6, 6.07) is 8.52. The van der Waals surface area contributed by atoms with Crippen molar-refractivity contribution in [1.29, 1.82) is 0 Å². The molecule has 0 unspecified atom stereocenters. The molecule has 4 aromatic rings. The van der Waals surface area contributed by atoms with Crippen molar-refractivity contribution in [3.05, 3.63) is 51.6 Å². The Hall–Kier alpha value is -4.28. The van der Waals surface area contributed by atoms with Crippen molar-refractivity contribution in [1.82, 2.24) is 20.2 Å². The van der Waals surface area contributed by atoms with Gasteiger partial charge in [0.15, 0.2) is 11.4 Å². The third-order valence-corrected chi connectivity index (χ3v) is 4.24. The van der Waals surface area contributed by atoms with E-state index in [-0.39, 0.29) is 11.7 Å². The van der Waals surface area contributed by atoms with Crippen LogP contribution in [0.2, 0.25) is 0 Å². The van der Waals surface area contributed by atoms with Gasteiger partial charge in [-0.15, -0.1) is 10.2 Å². The van der Waals surface area contributed by atoms with Crippen LogP contribution in [-0.2, 0) is 0 Å². The molecule has 3 N–H and O–H groups in total. The zero-order valence-electron chi connectivity index (χ0n) is 15.4. The van der Waals surface area contributed by atoms with E-state index in [1.54, 1.807) is 0 Å². The fourth-order valence-electron chi connectivity index (χ4n) is 2.88. The Balaban J connectivity index is 1.61. The van der Waals surface area contributed by atoms with Crippen LogP contribution in [0.25, 0.3) is 22.1 Å². The van der Waals surface area contributed by atoms with E-state index in [0.717, 1.165) is 16.5 Å². The van der Waals surface area contributed by atoms with E-state index in [9.17, 15) is 15.2 Å². The average molecular weight is 393 g/mol. The van der Waals surface area contributed by atoms with Crippen LogP contribution in [0.4, 0.5) is 11.6 Å². The maximum Gasteiger partial charge on any atom is 0.315 e. The highest BCUT2D eigenvalue weighted by atomic mass is 16.6. The molecule has 0 bridgehead atoms. The molecule has 2 heterocycles. The third-order valence-electron chi connectivity index (χ3n) is 4.24. The number of phenols is 1. The van der Waals surface area contributed by atoms with E-state index in [1.165, 1.54) is 25.5 Å². The minimum atomic E-state index is -0.707. The van der Waals surface area contributed by atoms with Crippen molar-refractivity contribution >= 4 is 39.9 Å². The summed E-state index contributed by atoms with van der Waals surface area (Å²) in [5.41, 5.74) is 5.70. The first kappa shape index (κ1) is 18.1. The minimum Gasteiger partial charge on any atom is -0.500 e. The monoisotopic (exact) mass is 393 g/mol. The Morgan fingerprint density at radius 2 is 2.14 bits per heavy atom. The van der Waals surface area contributed by atoms with Gasteiger partial charge in [-0.1, -0.05) is 11.6 Å². The SMILES string of the molecule is COc1cc(/C=N/Nc2nnc3c(n2)[nH]c2ccc(C)cc23)cc([N+](=O)[O-])c1O. The van der Waals surface area contributed by atoms with E-state index in [0.29, 0.717) is 16.7 Å². The average Bonchev–Trinajstić information content (AvgIpc) is 3.05. The normalized spacial score (nSPS) is 11.4. The molecule has 0 amide bonds. The Labute approximate surface area is 163 Å². The quantitative estimate of drug-likeness (QED) is 0.266. The molecule has 0 atom stereocenters. The number of anilines is 1. The number of fused-ring (bicyclic) bond motifs is 3. The van der Waals surface area contributed by atoms with Crippen LogP contribution in [0.3, 0.4) is 0 Å². The van der Waals surface area contributed by atoms with Gasteiger partial charge in [-0.3, -0.25) is 10.1 Å². The number of hydrogen-bond acceptors (Lipinski definition) is 9. The predicted molar refractivity (Wildman–Crippen MR) is 106 cm³/mol. The molecule has 0 saturated heterocycles. The van der Waals surface area contributed by atoms with Crippen molar-refractivity contribution in [2.24, 2.45) is 5.10 Å². The standard InChI is InChI=1S/C18H15N7O4/c1-9-3-4-12-11(5-9)15-17(20-12)21-18(24-22-15)23-19-8-10-6-13(25(27)28)16(26)14(7-10)29-2/h3-8,26H,1-2H3,(H2,20,21,23,24)/b19-8+. The van der Waals surface area contributed by atoms with Crippen molar-refractivity contribution in [3.8, 4) is 11.5 Å². The first-order valence-corrected chi connectivity index (χ1v) is 8.43. The molecule has 4 rings (SSSR count). The van der Waals surface area contributed by atoms with Crippen molar-refractivity contribution in [2.75, 3.05) is 12.5 Å². The predicted octanol–water partition coefficient (Wildman–Crippen LogP) is 2.88. The lowest BCUT2D eigenvalue weighted by Gasteiger charge is -2.05. The van der Waals surface area contributed by atoms with Gasteiger partial charge in [0.2, 0.25) is 5.75 Å². The minimum absolute atomic E-state index is 0.0339. The van der Waals surface area contributed by atoms with E-state index in [1.807, 2.05) is 25.1 Å². The number of aromatic nitrogens is 4. The number of rotatable bonds is 5. The van der Waals surface area contributed by atoms with E-state index in [4.69, 9.17) is 4.74 Å². The Morgan fingerprint density at radius 3 is 2.90 bits per heavy atom. The number of ether oxygens (including phenoxy) is 1. The lowest BCUT2D eigenvalue weighted by atomic mass is 10.2. The highest BCUT2D eigenvalue weighted by Crippen LogP contribution is 2.36. The van der Waals surface area contributed by atoms with Crippen LogP contribution in [0.15, 0.2) is 35.4 Å². The van der Waals surface area contributed by atoms with Gasteiger partial charge in [0.05, 0.1) is 18.2 Å². The maximum absolute atomic E-state index is 11.1. The van der Waals surface area contributed by atoms with Gasteiger partial charge in [0.1, 0.15) is 5.52 Å². The molecular weight excluding hydrogens is 378 g/mol. The molecule has 0 saturated carbocycles. The summed E-state index contributed by atoms with van der Waals surface area (Å²) in [5.74, 6) is -0.430.